The van der Waals surface area contributed by atoms with E-state index in [0.717, 1.165) is 18.7 Å². The van der Waals surface area contributed by atoms with Gasteiger partial charge in [0.15, 0.2) is 0 Å². The molecule has 1 saturated heterocycles. The Hall–Kier alpha value is -2.85. The summed E-state index contributed by atoms with van der Waals surface area (Å²) in [6, 6.07) is 1.57. The topological polar surface area (TPSA) is 76.5 Å². The van der Waals surface area contributed by atoms with Crippen LogP contribution >= 0.6 is 11.6 Å². The molecule has 4 rings (SSSR count). The molecule has 7 nitrogen and oxygen atoms in total. The molecule has 0 aliphatic carbocycles. The Morgan fingerprint density at radius 3 is 2.68 bits per heavy atom. The predicted octanol–water partition coefficient (Wildman–Crippen LogP) is 4.72. The quantitative estimate of drug-likeness (QED) is 0.650. The number of hydrogen-bond donors (Lipinski definition) is 1. The van der Waals surface area contributed by atoms with E-state index in [1.54, 1.807) is 16.4 Å². The molecule has 0 radical (unpaired) electrons. The van der Waals surface area contributed by atoms with Crippen molar-refractivity contribution >= 4 is 23.4 Å². The summed E-state index contributed by atoms with van der Waals surface area (Å²) in [5.41, 5.74) is 0.961. The van der Waals surface area contributed by atoms with Gasteiger partial charge in [0.1, 0.15) is 11.4 Å². The molecule has 0 aromatic carbocycles. The molecule has 1 N–H and O–H groups in total. The fraction of sp³-hybridized carbons (Fsp3) is 0.435. The number of allylic oxidation sites excluding steroid dienone is 1. The van der Waals surface area contributed by atoms with Crippen LogP contribution in [0, 0.1) is 0 Å². The zero-order valence-corrected chi connectivity index (χ0v) is 19.3. The lowest BCUT2D eigenvalue weighted by atomic mass is 10.1. The highest BCUT2D eigenvalue weighted by Crippen LogP contribution is 2.34. The standard InChI is InChI=1S/C23H24ClF3N4O3/c1-3-15(14-6-7-17(28-11-14)23(25,26)27)29-21(32)18-16-12-34-10-9-31(16)20(19(18)24)22(33)30-8-4-5-13(30)2/h6-7,11,15H,2-5,8-10,12H2,1H3,(H,29,32)/t15-/m1/s1. The van der Waals surface area contributed by atoms with Crippen molar-refractivity contribution in [2.24, 2.45) is 0 Å². The molecule has 34 heavy (non-hydrogen) atoms. The molecular formula is C23H24ClF3N4O3. The fourth-order valence-electron chi connectivity index (χ4n) is 4.33. The average Bonchev–Trinajstić information content (AvgIpc) is 3.36. The Kier molecular flexibility index (Phi) is 6.73. The Bertz CT molecular complexity index is 1130. The lowest BCUT2D eigenvalue weighted by Gasteiger charge is -2.22. The van der Waals surface area contributed by atoms with Gasteiger partial charge in [-0.2, -0.15) is 13.2 Å². The van der Waals surface area contributed by atoms with Crippen LogP contribution in [-0.2, 0) is 24.1 Å². The van der Waals surface area contributed by atoms with Gasteiger partial charge >= 0.3 is 6.18 Å². The highest BCUT2D eigenvalue weighted by Gasteiger charge is 2.36. The Morgan fingerprint density at radius 2 is 2.09 bits per heavy atom. The third-order valence-electron chi connectivity index (χ3n) is 6.11. The number of rotatable bonds is 5. The molecule has 1 atom stereocenters. The molecule has 2 aliphatic heterocycles. The summed E-state index contributed by atoms with van der Waals surface area (Å²) < 4.78 is 45.8. The number of carbonyl (C=O) groups is 2. The zero-order chi connectivity index (χ0) is 24.6. The maximum absolute atomic E-state index is 13.3. The van der Waals surface area contributed by atoms with Crippen molar-refractivity contribution in [1.82, 2.24) is 19.8 Å². The molecule has 2 aliphatic rings. The Labute approximate surface area is 199 Å². The van der Waals surface area contributed by atoms with Crippen molar-refractivity contribution in [2.45, 2.75) is 51.6 Å². The Morgan fingerprint density at radius 1 is 1.32 bits per heavy atom. The minimum atomic E-state index is -4.55. The Balaban J connectivity index is 1.64. The van der Waals surface area contributed by atoms with Crippen molar-refractivity contribution in [3.05, 3.63) is 63.8 Å². The molecule has 1 fully saturated rings. The summed E-state index contributed by atoms with van der Waals surface area (Å²) in [4.78, 5) is 31.7. The summed E-state index contributed by atoms with van der Waals surface area (Å²) in [7, 11) is 0. The van der Waals surface area contributed by atoms with Crippen molar-refractivity contribution in [1.29, 1.82) is 0 Å². The maximum atomic E-state index is 13.3. The second-order valence-corrected chi connectivity index (χ2v) is 8.60. The van der Waals surface area contributed by atoms with E-state index < -0.39 is 23.8 Å². The number of aromatic nitrogens is 2. The number of nitrogens with one attached hydrogen (secondary N) is 1. The average molecular weight is 497 g/mol. The summed E-state index contributed by atoms with van der Waals surface area (Å²) in [6.45, 7) is 7.11. The third-order valence-corrected chi connectivity index (χ3v) is 6.47. The van der Waals surface area contributed by atoms with E-state index in [-0.39, 0.29) is 28.8 Å². The normalized spacial score (nSPS) is 17.0. The number of halogens is 4. The number of pyridine rings is 1. The van der Waals surface area contributed by atoms with Crippen molar-refractivity contribution in [2.75, 3.05) is 13.2 Å². The van der Waals surface area contributed by atoms with Gasteiger partial charge in [0.25, 0.3) is 11.8 Å². The van der Waals surface area contributed by atoms with Crippen LogP contribution in [0.5, 0.6) is 0 Å². The second-order valence-electron chi connectivity index (χ2n) is 8.22. The first kappa shape index (κ1) is 24.3. The number of carbonyl (C=O) groups excluding carboxylic acids is 2. The molecule has 11 heteroatoms. The minimum Gasteiger partial charge on any atom is -0.373 e. The SMILES string of the molecule is C=C1CCCN1C(=O)c1c(Cl)c(C(=O)N[C@H](CC)c2ccc(C(F)(F)F)nc2)c2n1CCOC2. The lowest BCUT2D eigenvalue weighted by Crippen LogP contribution is -2.30. The molecule has 2 aromatic heterocycles. The molecule has 2 aromatic rings. The largest absolute Gasteiger partial charge is 0.433 e. The minimum absolute atomic E-state index is 0.0306. The number of alkyl halides is 3. The number of ether oxygens (including phenoxy) is 1. The molecule has 0 unspecified atom stereocenters. The third kappa shape index (κ3) is 4.44. The number of amides is 2. The second kappa shape index (κ2) is 9.42. The monoisotopic (exact) mass is 496 g/mol. The molecule has 2 amide bonds. The van der Waals surface area contributed by atoms with Gasteiger partial charge in [-0.15, -0.1) is 0 Å². The molecule has 0 saturated carbocycles. The smallest absolute Gasteiger partial charge is 0.373 e. The van der Waals surface area contributed by atoms with E-state index in [1.807, 2.05) is 0 Å². The van der Waals surface area contributed by atoms with Gasteiger partial charge in [-0.05, 0) is 30.9 Å². The molecule has 182 valence electrons. The number of hydrogen-bond acceptors (Lipinski definition) is 4. The van der Waals surface area contributed by atoms with Gasteiger partial charge in [0.2, 0.25) is 0 Å². The first-order valence-corrected chi connectivity index (χ1v) is 11.3. The van der Waals surface area contributed by atoms with Gasteiger partial charge < -0.3 is 19.5 Å². The predicted molar refractivity (Wildman–Crippen MR) is 118 cm³/mol. The fourth-order valence-corrected chi connectivity index (χ4v) is 4.71. The highest BCUT2D eigenvalue weighted by atomic mass is 35.5. The first-order chi connectivity index (χ1) is 16.1. The van der Waals surface area contributed by atoms with E-state index in [9.17, 15) is 22.8 Å². The summed E-state index contributed by atoms with van der Waals surface area (Å²) in [5, 5.41) is 2.85. The van der Waals surface area contributed by atoms with Gasteiger partial charge in [0, 0.05) is 25.0 Å². The lowest BCUT2D eigenvalue weighted by molar-refractivity contribution is -0.141. The van der Waals surface area contributed by atoms with E-state index in [1.165, 1.54) is 6.07 Å². The van der Waals surface area contributed by atoms with E-state index in [0.29, 0.717) is 49.5 Å². The summed E-state index contributed by atoms with van der Waals surface area (Å²) >= 11 is 6.63. The van der Waals surface area contributed by atoms with Crippen LogP contribution in [0.15, 0.2) is 30.6 Å². The van der Waals surface area contributed by atoms with Crippen molar-refractivity contribution in [3.63, 3.8) is 0 Å². The van der Waals surface area contributed by atoms with Gasteiger partial charge in [0.05, 0.1) is 35.5 Å². The molecule has 4 heterocycles. The zero-order valence-electron chi connectivity index (χ0n) is 18.5. The highest BCUT2D eigenvalue weighted by molar-refractivity contribution is 6.37. The summed E-state index contributed by atoms with van der Waals surface area (Å²) in [5.74, 6) is -0.848. The van der Waals surface area contributed by atoms with Crippen molar-refractivity contribution < 1.29 is 27.5 Å². The maximum Gasteiger partial charge on any atom is 0.433 e. The first-order valence-electron chi connectivity index (χ1n) is 11.0. The number of likely N-dealkylation sites (tertiary alicyclic amines) is 1. The van der Waals surface area contributed by atoms with Crippen LogP contribution in [-0.4, -0.2) is 39.4 Å². The van der Waals surface area contributed by atoms with Gasteiger partial charge in [-0.1, -0.05) is 31.2 Å². The van der Waals surface area contributed by atoms with Crippen LogP contribution in [0.25, 0.3) is 0 Å². The number of nitrogens with zero attached hydrogens (tertiary/aromatic N) is 3. The van der Waals surface area contributed by atoms with E-state index in [4.69, 9.17) is 16.3 Å². The van der Waals surface area contributed by atoms with Crippen LogP contribution in [0.2, 0.25) is 5.02 Å². The van der Waals surface area contributed by atoms with Crippen LogP contribution in [0.1, 0.15) is 70.0 Å². The van der Waals surface area contributed by atoms with Crippen LogP contribution in [0.4, 0.5) is 13.2 Å². The summed E-state index contributed by atoms with van der Waals surface area (Å²) in [6.07, 6.45) is -1.52. The molecule has 0 bridgehead atoms. The number of fused-ring (bicyclic) bond motifs is 1. The van der Waals surface area contributed by atoms with Crippen LogP contribution < -0.4 is 5.32 Å². The van der Waals surface area contributed by atoms with E-state index in [2.05, 4.69) is 16.9 Å². The van der Waals surface area contributed by atoms with E-state index >= 15 is 0 Å². The van der Waals surface area contributed by atoms with Gasteiger partial charge in [-0.3, -0.25) is 14.6 Å². The molecular weight excluding hydrogens is 473 g/mol. The molecule has 0 spiro atoms. The van der Waals surface area contributed by atoms with Gasteiger partial charge in [-0.25, -0.2) is 0 Å². The van der Waals surface area contributed by atoms with Crippen LogP contribution in [0.3, 0.4) is 0 Å². The van der Waals surface area contributed by atoms with Crippen molar-refractivity contribution in [3.8, 4) is 0 Å².